The van der Waals surface area contributed by atoms with Gasteiger partial charge in [-0.3, -0.25) is 23.8 Å². The first-order valence-electron chi connectivity index (χ1n) is 8.17. The van der Waals surface area contributed by atoms with Crippen molar-refractivity contribution in [1.29, 1.82) is 0 Å². The molecule has 3 heterocycles. The summed E-state index contributed by atoms with van der Waals surface area (Å²) in [6, 6.07) is 0.569. The van der Waals surface area contributed by atoms with Gasteiger partial charge in [-0.1, -0.05) is 0 Å². The maximum atomic E-state index is 12.7. The summed E-state index contributed by atoms with van der Waals surface area (Å²) in [4.78, 5) is 39.8. The van der Waals surface area contributed by atoms with Gasteiger partial charge in [0.05, 0.1) is 23.4 Å². The maximum absolute atomic E-state index is 12.7. The fourth-order valence-electron chi connectivity index (χ4n) is 3.10. The van der Waals surface area contributed by atoms with Gasteiger partial charge in [-0.05, 0) is 20.3 Å². The Balaban J connectivity index is 1.89. The molecule has 2 aromatic rings. The van der Waals surface area contributed by atoms with Gasteiger partial charge in [0.15, 0.2) is 0 Å². The van der Waals surface area contributed by atoms with E-state index >= 15 is 0 Å². The summed E-state index contributed by atoms with van der Waals surface area (Å²) in [5.41, 5.74) is -1.81. The highest BCUT2D eigenvalue weighted by Gasteiger charge is 2.41. The molecule has 2 aromatic heterocycles. The van der Waals surface area contributed by atoms with Crippen LogP contribution in [0, 0.1) is 0 Å². The molecule has 9 nitrogen and oxygen atoms in total. The van der Waals surface area contributed by atoms with E-state index in [0.717, 1.165) is 0 Å². The number of piperidine rings is 1. The highest BCUT2D eigenvalue weighted by molar-refractivity contribution is 5.93. The van der Waals surface area contributed by atoms with Crippen LogP contribution in [0.1, 0.15) is 36.7 Å². The zero-order valence-corrected chi connectivity index (χ0v) is 14.2. The predicted octanol–water partition coefficient (Wildman–Crippen LogP) is -0.409. The Morgan fingerprint density at radius 3 is 2.88 bits per heavy atom. The molecule has 0 saturated carbocycles. The van der Waals surface area contributed by atoms with E-state index in [1.807, 2.05) is 6.92 Å². The number of carbonyl (C=O) groups is 1. The number of amides is 1. The monoisotopic (exact) mass is 347 g/mol. The Hall–Kier alpha value is -2.68. The van der Waals surface area contributed by atoms with E-state index in [4.69, 9.17) is 0 Å². The Bertz CT molecular complexity index is 894. The summed E-state index contributed by atoms with van der Waals surface area (Å²) in [6.07, 6.45) is 4.86. The molecule has 2 N–H and O–H groups in total. The van der Waals surface area contributed by atoms with Gasteiger partial charge < -0.3 is 10.0 Å². The number of likely N-dealkylation sites (tertiary alicyclic amines) is 1. The third-order valence-electron chi connectivity index (χ3n) is 4.68. The van der Waals surface area contributed by atoms with E-state index in [0.29, 0.717) is 25.1 Å². The average molecular weight is 347 g/mol. The molecule has 1 saturated heterocycles. The molecular weight excluding hydrogens is 326 g/mol. The number of H-pyrrole nitrogens is 1. The van der Waals surface area contributed by atoms with Crippen LogP contribution in [0.25, 0.3) is 0 Å². The Morgan fingerprint density at radius 2 is 2.24 bits per heavy atom. The van der Waals surface area contributed by atoms with Gasteiger partial charge >= 0.3 is 5.69 Å². The van der Waals surface area contributed by atoms with Crippen molar-refractivity contribution in [3.05, 3.63) is 51.1 Å². The van der Waals surface area contributed by atoms with Crippen LogP contribution in [0.15, 0.2) is 34.2 Å². The fraction of sp³-hybridized carbons (Fsp3) is 0.500. The van der Waals surface area contributed by atoms with E-state index in [2.05, 4.69) is 10.1 Å². The van der Waals surface area contributed by atoms with Crippen molar-refractivity contribution >= 4 is 5.91 Å². The molecule has 25 heavy (non-hydrogen) atoms. The molecule has 0 spiro atoms. The standard InChI is InChI=1S/C16H21N5O4/c1-3-20-9-11(8-17-20)14(23)19-7-5-16(2,25)12(10-19)21-6-4-13(22)18-15(21)24/h4,6,8-9,12,25H,3,5,7,10H2,1-2H3,(H,18,22,24)/t12-,16-/m1/s1. The molecule has 0 radical (unpaired) electrons. The number of aromatic nitrogens is 4. The molecule has 0 unspecified atom stereocenters. The highest BCUT2D eigenvalue weighted by Crippen LogP contribution is 2.31. The minimum Gasteiger partial charge on any atom is -0.388 e. The highest BCUT2D eigenvalue weighted by atomic mass is 16.3. The lowest BCUT2D eigenvalue weighted by molar-refractivity contribution is -0.0459. The van der Waals surface area contributed by atoms with Gasteiger partial charge in [-0.15, -0.1) is 0 Å². The first-order valence-corrected chi connectivity index (χ1v) is 8.17. The van der Waals surface area contributed by atoms with Crippen LogP contribution in [0.4, 0.5) is 0 Å². The molecule has 0 bridgehead atoms. The zero-order valence-electron chi connectivity index (χ0n) is 14.2. The molecule has 3 rings (SSSR count). The number of hydrogen-bond acceptors (Lipinski definition) is 5. The minimum atomic E-state index is -1.17. The summed E-state index contributed by atoms with van der Waals surface area (Å²) in [6.45, 7) is 4.76. The largest absolute Gasteiger partial charge is 0.388 e. The Morgan fingerprint density at radius 1 is 1.48 bits per heavy atom. The summed E-state index contributed by atoms with van der Waals surface area (Å²) < 4.78 is 2.94. The van der Waals surface area contributed by atoms with Crippen molar-refractivity contribution in [1.82, 2.24) is 24.2 Å². The number of nitrogens with one attached hydrogen (secondary N) is 1. The first kappa shape index (κ1) is 17.2. The smallest absolute Gasteiger partial charge is 0.328 e. The van der Waals surface area contributed by atoms with E-state index in [1.54, 1.807) is 22.7 Å². The van der Waals surface area contributed by atoms with Crippen molar-refractivity contribution in [2.45, 2.75) is 38.5 Å². The molecule has 2 atom stereocenters. The number of aryl methyl sites for hydroxylation is 1. The first-order chi connectivity index (χ1) is 11.8. The SMILES string of the molecule is CCn1cc(C(=O)N2CC[C@@](C)(O)[C@H](n3ccc(=O)[nH]c3=O)C2)cn1. The Labute approximate surface area is 143 Å². The third-order valence-corrected chi connectivity index (χ3v) is 4.68. The van der Waals surface area contributed by atoms with Crippen molar-refractivity contribution in [3.8, 4) is 0 Å². The van der Waals surface area contributed by atoms with Crippen molar-refractivity contribution in [3.63, 3.8) is 0 Å². The second-order valence-electron chi connectivity index (χ2n) is 6.48. The summed E-state index contributed by atoms with van der Waals surface area (Å²) in [7, 11) is 0. The van der Waals surface area contributed by atoms with Crippen LogP contribution in [-0.4, -0.2) is 53.9 Å². The topological polar surface area (TPSA) is 113 Å². The van der Waals surface area contributed by atoms with Gasteiger partial charge in [-0.2, -0.15) is 5.10 Å². The van der Waals surface area contributed by atoms with Gasteiger partial charge in [-0.25, -0.2) is 4.79 Å². The van der Waals surface area contributed by atoms with Gasteiger partial charge in [0.1, 0.15) is 0 Å². The zero-order chi connectivity index (χ0) is 18.2. The molecule has 0 aliphatic carbocycles. The normalized spacial score (nSPS) is 23.6. The molecule has 0 aromatic carbocycles. The molecule has 1 fully saturated rings. The number of carbonyl (C=O) groups excluding carboxylic acids is 1. The van der Waals surface area contributed by atoms with E-state index in [9.17, 15) is 19.5 Å². The van der Waals surface area contributed by atoms with Crippen LogP contribution >= 0.6 is 0 Å². The lowest BCUT2D eigenvalue weighted by Crippen LogP contribution is -2.54. The maximum Gasteiger partial charge on any atom is 0.328 e. The van der Waals surface area contributed by atoms with E-state index in [1.165, 1.54) is 23.0 Å². The molecule has 1 amide bonds. The average Bonchev–Trinajstić information content (AvgIpc) is 3.04. The number of rotatable bonds is 3. The summed E-state index contributed by atoms with van der Waals surface area (Å²) >= 11 is 0. The van der Waals surface area contributed by atoms with Crippen LogP contribution in [-0.2, 0) is 6.54 Å². The summed E-state index contributed by atoms with van der Waals surface area (Å²) in [5.74, 6) is -0.197. The van der Waals surface area contributed by atoms with Gasteiger partial charge in [0, 0.05) is 38.1 Å². The Kier molecular flexibility index (Phi) is 4.34. The van der Waals surface area contributed by atoms with Gasteiger partial charge in [0.2, 0.25) is 0 Å². The predicted molar refractivity (Wildman–Crippen MR) is 89.4 cm³/mol. The van der Waals surface area contributed by atoms with Crippen LogP contribution < -0.4 is 11.2 Å². The molecule has 1 aliphatic heterocycles. The number of aromatic amines is 1. The number of nitrogens with zero attached hydrogens (tertiary/aromatic N) is 4. The van der Waals surface area contributed by atoms with Crippen LogP contribution in [0.2, 0.25) is 0 Å². The lowest BCUT2D eigenvalue weighted by Gasteiger charge is -2.43. The quantitative estimate of drug-likeness (QED) is 0.784. The molecule has 9 heteroatoms. The molecule has 1 aliphatic rings. The lowest BCUT2D eigenvalue weighted by atomic mass is 9.88. The minimum absolute atomic E-state index is 0.162. The summed E-state index contributed by atoms with van der Waals surface area (Å²) in [5, 5.41) is 14.8. The van der Waals surface area contributed by atoms with E-state index < -0.39 is 22.9 Å². The van der Waals surface area contributed by atoms with Crippen molar-refractivity contribution in [2.24, 2.45) is 0 Å². The number of hydrogen-bond donors (Lipinski definition) is 2. The second kappa shape index (κ2) is 6.32. The van der Waals surface area contributed by atoms with Crippen molar-refractivity contribution < 1.29 is 9.90 Å². The van der Waals surface area contributed by atoms with Crippen LogP contribution in [0.5, 0.6) is 0 Å². The van der Waals surface area contributed by atoms with Gasteiger partial charge in [0.25, 0.3) is 11.5 Å². The number of aliphatic hydroxyl groups is 1. The fourth-order valence-corrected chi connectivity index (χ4v) is 3.10. The second-order valence-corrected chi connectivity index (χ2v) is 6.48. The molecular formula is C16H21N5O4. The molecule has 134 valence electrons. The van der Waals surface area contributed by atoms with Crippen molar-refractivity contribution in [2.75, 3.05) is 13.1 Å². The third kappa shape index (κ3) is 3.27. The van der Waals surface area contributed by atoms with Crippen LogP contribution in [0.3, 0.4) is 0 Å². The van der Waals surface area contributed by atoms with E-state index in [-0.39, 0.29) is 12.5 Å².